The van der Waals surface area contributed by atoms with Crippen LogP contribution in [0.3, 0.4) is 0 Å². The second kappa shape index (κ2) is 6.45. The normalized spacial score (nSPS) is 22.5. The minimum Gasteiger partial charge on any atom is -0.380 e. The molecule has 0 radical (unpaired) electrons. The molecule has 8 nitrogen and oxygen atoms in total. The van der Waals surface area contributed by atoms with Crippen molar-refractivity contribution in [2.75, 3.05) is 20.2 Å². The molecule has 2 atom stereocenters. The van der Waals surface area contributed by atoms with Gasteiger partial charge in [0.25, 0.3) is 0 Å². The van der Waals surface area contributed by atoms with Gasteiger partial charge in [0.2, 0.25) is 0 Å². The fraction of sp³-hybridized carbons (Fsp3) is 0.643. The topological polar surface area (TPSA) is 81.0 Å². The number of hydrogen-bond acceptors (Lipinski definition) is 5. The third kappa shape index (κ3) is 2.84. The first-order chi connectivity index (χ1) is 10.7. The summed E-state index contributed by atoms with van der Waals surface area (Å²) in [6.45, 7) is 5.06. The van der Waals surface area contributed by atoms with E-state index in [1.54, 1.807) is 17.9 Å². The number of nitrogens with zero attached hydrogens (tertiary/aromatic N) is 5. The molecule has 0 amide bonds. The molecule has 3 heterocycles. The van der Waals surface area contributed by atoms with Crippen molar-refractivity contribution in [1.29, 1.82) is 0 Å². The van der Waals surface area contributed by atoms with Gasteiger partial charge in [0.15, 0.2) is 5.82 Å². The molecule has 0 unspecified atom stereocenters. The number of hydrogen-bond donors (Lipinski definition) is 1. The Morgan fingerprint density at radius 1 is 1.45 bits per heavy atom. The van der Waals surface area contributed by atoms with Gasteiger partial charge >= 0.3 is 5.69 Å². The van der Waals surface area contributed by atoms with Crippen molar-refractivity contribution in [3.8, 4) is 0 Å². The molecule has 3 rings (SSSR count). The Labute approximate surface area is 128 Å². The summed E-state index contributed by atoms with van der Waals surface area (Å²) >= 11 is 0. The van der Waals surface area contributed by atoms with Gasteiger partial charge in [-0.3, -0.25) is 14.1 Å². The maximum atomic E-state index is 11.8. The van der Waals surface area contributed by atoms with Crippen LogP contribution in [-0.2, 0) is 17.8 Å². The number of rotatable bonds is 6. The lowest BCUT2D eigenvalue weighted by Crippen LogP contribution is -2.31. The minimum absolute atomic E-state index is 0.0967. The summed E-state index contributed by atoms with van der Waals surface area (Å²) in [5.41, 5.74) is -0.148. The summed E-state index contributed by atoms with van der Waals surface area (Å²) in [7, 11) is 1.73. The molecule has 22 heavy (non-hydrogen) atoms. The van der Waals surface area contributed by atoms with Crippen LogP contribution in [0, 0.1) is 0 Å². The predicted octanol–water partition coefficient (Wildman–Crippen LogP) is 0.250. The molecule has 0 saturated carbocycles. The van der Waals surface area contributed by atoms with E-state index in [0.717, 1.165) is 31.9 Å². The summed E-state index contributed by atoms with van der Waals surface area (Å²) in [5, 5.41) is 11.0. The molecule has 1 N–H and O–H groups in total. The molecule has 0 aromatic carbocycles. The number of H-pyrrole nitrogens is 1. The van der Waals surface area contributed by atoms with Gasteiger partial charge in [0.1, 0.15) is 0 Å². The molecule has 1 fully saturated rings. The Morgan fingerprint density at radius 3 is 3.00 bits per heavy atom. The van der Waals surface area contributed by atoms with Crippen molar-refractivity contribution < 1.29 is 4.74 Å². The van der Waals surface area contributed by atoms with Gasteiger partial charge in [0.05, 0.1) is 18.7 Å². The number of methoxy groups -OCH3 is 1. The second-order valence-electron chi connectivity index (χ2n) is 5.50. The SMILES string of the molecule is CCn1c([C@@H]2C[C@H](OC)CN2CCn2cccn2)n[nH]c1=O. The van der Waals surface area contributed by atoms with Crippen LogP contribution in [0.4, 0.5) is 0 Å². The van der Waals surface area contributed by atoms with Crippen LogP contribution in [0.2, 0.25) is 0 Å². The van der Waals surface area contributed by atoms with Crippen molar-refractivity contribution in [3.63, 3.8) is 0 Å². The first-order valence-corrected chi connectivity index (χ1v) is 7.62. The average Bonchev–Trinajstić information content (AvgIpc) is 3.24. The number of ether oxygens (including phenoxy) is 1. The van der Waals surface area contributed by atoms with E-state index in [-0.39, 0.29) is 17.8 Å². The van der Waals surface area contributed by atoms with E-state index in [1.165, 1.54) is 0 Å². The third-order valence-electron chi connectivity index (χ3n) is 4.28. The van der Waals surface area contributed by atoms with Crippen molar-refractivity contribution in [2.24, 2.45) is 0 Å². The Hall–Kier alpha value is -1.93. The molecule has 2 aromatic rings. The number of likely N-dealkylation sites (tertiary alicyclic amines) is 1. The molecule has 0 aliphatic carbocycles. The van der Waals surface area contributed by atoms with Crippen LogP contribution >= 0.6 is 0 Å². The van der Waals surface area contributed by atoms with E-state index in [2.05, 4.69) is 20.2 Å². The highest BCUT2D eigenvalue weighted by Crippen LogP contribution is 2.31. The predicted molar refractivity (Wildman–Crippen MR) is 80.5 cm³/mol. The van der Waals surface area contributed by atoms with Crippen LogP contribution in [-0.4, -0.2) is 55.7 Å². The quantitative estimate of drug-likeness (QED) is 0.827. The lowest BCUT2D eigenvalue weighted by Gasteiger charge is -2.23. The van der Waals surface area contributed by atoms with Gasteiger partial charge in [-0.15, -0.1) is 0 Å². The molecule has 0 spiro atoms. The monoisotopic (exact) mass is 306 g/mol. The molecular formula is C14H22N6O2. The van der Waals surface area contributed by atoms with Crippen LogP contribution in [0.1, 0.15) is 25.2 Å². The fourth-order valence-corrected chi connectivity index (χ4v) is 3.10. The van der Waals surface area contributed by atoms with Gasteiger partial charge in [-0.05, 0) is 19.4 Å². The number of aromatic amines is 1. The standard InChI is InChI=1S/C14H22N6O2/c1-3-20-13(16-17-14(20)21)12-9-11(22-2)10-18(12)7-8-19-6-4-5-15-19/h4-6,11-12H,3,7-10H2,1-2H3,(H,17,21)/t11-,12-/m0/s1. The van der Waals surface area contributed by atoms with E-state index in [4.69, 9.17) is 4.74 Å². The Balaban J connectivity index is 1.78. The molecule has 8 heteroatoms. The van der Waals surface area contributed by atoms with Crippen LogP contribution in [0.5, 0.6) is 0 Å². The van der Waals surface area contributed by atoms with Crippen molar-refractivity contribution in [1.82, 2.24) is 29.4 Å². The maximum Gasteiger partial charge on any atom is 0.343 e. The van der Waals surface area contributed by atoms with Crippen molar-refractivity contribution in [2.45, 2.75) is 38.6 Å². The van der Waals surface area contributed by atoms with E-state index in [1.807, 2.05) is 23.9 Å². The average molecular weight is 306 g/mol. The first kappa shape index (κ1) is 15.0. The number of aromatic nitrogens is 5. The van der Waals surface area contributed by atoms with Gasteiger partial charge in [-0.25, -0.2) is 9.89 Å². The minimum atomic E-state index is -0.148. The van der Waals surface area contributed by atoms with Crippen LogP contribution in [0.25, 0.3) is 0 Å². The van der Waals surface area contributed by atoms with Gasteiger partial charge in [-0.2, -0.15) is 10.2 Å². The van der Waals surface area contributed by atoms with Crippen molar-refractivity contribution >= 4 is 0 Å². The zero-order valence-electron chi connectivity index (χ0n) is 13.0. The largest absolute Gasteiger partial charge is 0.380 e. The molecule has 1 aliphatic rings. The summed E-state index contributed by atoms with van der Waals surface area (Å²) in [6.07, 6.45) is 4.75. The second-order valence-corrected chi connectivity index (χ2v) is 5.50. The summed E-state index contributed by atoms with van der Waals surface area (Å²) in [5.74, 6) is 0.799. The Bertz CT molecular complexity index is 647. The summed E-state index contributed by atoms with van der Waals surface area (Å²) in [4.78, 5) is 14.1. The first-order valence-electron chi connectivity index (χ1n) is 7.62. The highest BCUT2D eigenvalue weighted by Gasteiger charge is 2.36. The van der Waals surface area contributed by atoms with E-state index < -0.39 is 0 Å². The van der Waals surface area contributed by atoms with E-state index in [9.17, 15) is 4.79 Å². The van der Waals surface area contributed by atoms with Crippen LogP contribution in [0.15, 0.2) is 23.3 Å². The lowest BCUT2D eigenvalue weighted by molar-refractivity contribution is 0.107. The highest BCUT2D eigenvalue weighted by atomic mass is 16.5. The smallest absolute Gasteiger partial charge is 0.343 e. The molecule has 2 aromatic heterocycles. The molecule has 0 bridgehead atoms. The van der Waals surface area contributed by atoms with Gasteiger partial charge in [-0.1, -0.05) is 0 Å². The highest BCUT2D eigenvalue weighted by molar-refractivity contribution is 5.02. The zero-order chi connectivity index (χ0) is 15.5. The molecule has 1 aliphatic heterocycles. The third-order valence-corrected chi connectivity index (χ3v) is 4.28. The molecular weight excluding hydrogens is 284 g/mol. The zero-order valence-corrected chi connectivity index (χ0v) is 13.0. The molecule has 1 saturated heterocycles. The Kier molecular flexibility index (Phi) is 4.39. The summed E-state index contributed by atoms with van der Waals surface area (Å²) < 4.78 is 9.13. The Morgan fingerprint density at radius 2 is 2.32 bits per heavy atom. The number of nitrogens with one attached hydrogen (secondary N) is 1. The van der Waals surface area contributed by atoms with Crippen LogP contribution < -0.4 is 5.69 Å². The fourth-order valence-electron chi connectivity index (χ4n) is 3.10. The maximum absolute atomic E-state index is 11.8. The van der Waals surface area contributed by atoms with Gasteiger partial charge < -0.3 is 4.74 Å². The molecule has 120 valence electrons. The summed E-state index contributed by atoms with van der Waals surface area (Å²) in [6, 6.07) is 2.02. The lowest BCUT2D eigenvalue weighted by atomic mass is 10.2. The van der Waals surface area contributed by atoms with Crippen molar-refractivity contribution in [3.05, 3.63) is 34.8 Å². The van der Waals surface area contributed by atoms with E-state index in [0.29, 0.717) is 6.54 Å². The van der Waals surface area contributed by atoms with Gasteiger partial charge in [0, 0.05) is 39.1 Å². The van der Waals surface area contributed by atoms with E-state index >= 15 is 0 Å².